The molecular weight excluding hydrogens is 450 g/mol. The first-order chi connectivity index (χ1) is 16.5. The van der Waals surface area contributed by atoms with Crippen molar-refractivity contribution in [2.75, 3.05) is 11.4 Å². The summed E-state index contributed by atoms with van der Waals surface area (Å²) in [6.07, 6.45) is 2.95. The van der Waals surface area contributed by atoms with Gasteiger partial charge in [-0.25, -0.2) is 4.90 Å². The minimum absolute atomic E-state index is 0.0325. The Bertz CT molecular complexity index is 1260. The van der Waals surface area contributed by atoms with E-state index in [0.717, 1.165) is 10.5 Å². The van der Waals surface area contributed by atoms with Gasteiger partial charge in [0.15, 0.2) is 0 Å². The number of benzene rings is 2. The zero-order valence-corrected chi connectivity index (χ0v) is 19.6. The van der Waals surface area contributed by atoms with Crippen LogP contribution in [0, 0.1) is 22.0 Å². The summed E-state index contributed by atoms with van der Waals surface area (Å²) in [5, 5.41) is 13.8. The number of nitrogens with zero attached hydrogens (tertiary/aromatic N) is 2. The molecule has 2 bridgehead atoms. The van der Waals surface area contributed by atoms with E-state index in [2.05, 4.69) is 26.1 Å². The fraction of sp³-hybridized carbons (Fsp3) is 0.346. The first-order valence-corrected chi connectivity index (χ1v) is 11.4. The molecule has 35 heavy (non-hydrogen) atoms. The number of anilines is 1. The molecule has 0 unspecified atom stereocenters. The fourth-order valence-electron chi connectivity index (χ4n) is 5.13. The lowest BCUT2D eigenvalue weighted by Gasteiger charge is -2.29. The second-order valence-electron chi connectivity index (χ2n) is 10.2. The van der Waals surface area contributed by atoms with Gasteiger partial charge in [0, 0.05) is 17.7 Å². The SMILES string of the molecule is CC(C)(C)c1ccc(C(=O)NC[C@@]23C=C[C@H](O2)[C@H]2C(=O)N(c4ccc([N+](=O)[O-])cc4)C(=O)[C@@H]23)cc1. The lowest BCUT2D eigenvalue weighted by molar-refractivity contribution is -0.384. The molecule has 5 rings (SSSR count). The Kier molecular flexibility index (Phi) is 5.14. The number of nitrogens with one attached hydrogen (secondary N) is 1. The highest BCUT2D eigenvalue weighted by molar-refractivity contribution is 6.23. The van der Waals surface area contributed by atoms with Crippen molar-refractivity contribution in [2.45, 2.75) is 37.9 Å². The van der Waals surface area contributed by atoms with Crippen LogP contribution in [0.1, 0.15) is 36.7 Å². The van der Waals surface area contributed by atoms with Crippen LogP contribution in [0.15, 0.2) is 60.7 Å². The number of hydrogen-bond acceptors (Lipinski definition) is 6. The number of hydrogen-bond donors (Lipinski definition) is 1. The molecule has 3 aliphatic rings. The monoisotopic (exact) mass is 475 g/mol. The largest absolute Gasteiger partial charge is 0.360 e. The maximum absolute atomic E-state index is 13.4. The molecule has 0 radical (unpaired) electrons. The van der Waals surface area contributed by atoms with Gasteiger partial charge in [0.1, 0.15) is 5.60 Å². The van der Waals surface area contributed by atoms with Crippen molar-refractivity contribution >= 4 is 29.1 Å². The quantitative estimate of drug-likeness (QED) is 0.307. The smallest absolute Gasteiger partial charge is 0.269 e. The Morgan fingerprint density at radius 2 is 1.74 bits per heavy atom. The van der Waals surface area contributed by atoms with Gasteiger partial charge < -0.3 is 10.1 Å². The van der Waals surface area contributed by atoms with Crippen molar-refractivity contribution in [3.05, 3.63) is 81.9 Å². The molecule has 3 heterocycles. The van der Waals surface area contributed by atoms with Crippen molar-refractivity contribution in [1.82, 2.24) is 5.32 Å². The van der Waals surface area contributed by atoms with Crippen LogP contribution in [0.25, 0.3) is 0 Å². The van der Waals surface area contributed by atoms with Gasteiger partial charge in [-0.15, -0.1) is 0 Å². The number of nitro groups is 1. The van der Waals surface area contributed by atoms with Crippen LogP contribution < -0.4 is 10.2 Å². The summed E-state index contributed by atoms with van der Waals surface area (Å²) < 4.78 is 6.07. The highest BCUT2D eigenvalue weighted by atomic mass is 16.6. The van der Waals surface area contributed by atoms with E-state index in [1.54, 1.807) is 24.3 Å². The summed E-state index contributed by atoms with van der Waals surface area (Å²) in [7, 11) is 0. The number of fused-ring (bicyclic) bond motifs is 5. The minimum Gasteiger partial charge on any atom is -0.360 e. The molecule has 0 spiro atoms. The lowest BCUT2D eigenvalue weighted by Crippen LogP contribution is -2.48. The van der Waals surface area contributed by atoms with Gasteiger partial charge >= 0.3 is 0 Å². The number of ether oxygens (including phenoxy) is 1. The Labute approximate surface area is 201 Å². The van der Waals surface area contributed by atoms with E-state index < -0.39 is 40.3 Å². The zero-order valence-electron chi connectivity index (χ0n) is 19.6. The van der Waals surface area contributed by atoms with E-state index in [1.807, 2.05) is 12.1 Å². The van der Waals surface area contributed by atoms with E-state index in [-0.39, 0.29) is 29.2 Å². The predicted octanol–water partition coefficient (Wildman–Crippen LogP) is 3.14. The molecule has 1 N–H and O–H groups in total. The van der Waals surface area contributed by atoms with Crippen molar-refractivity contribution < 1.29 is 24.0 Å². The molecule has 0 aliphatic carbocycles. The third-order valence-electron chi connectivity index (χ3n) is 7.01. The molecule has 2 saturated heterocycles. The van der Waals surface area contributed by atoms with Crippen LogP contribution in [0.3, 0.4) is 0 Å². The van der Waals surface area contributed by atoms with Crippen LogP contribution in [0.4, 0.5) is 11.4 Å². The van der Waals surface area contributed by atoms with Crippen LogP contribution in [-0.4, -0.2) is 40.9 Å². The normalized spacial score (nSPS) is 26.8. The summed E-state index contributed by atoms with van der Waals surface area (Å²) in [6, 6.07) is 12.7. The molecular formula is C26H25N3O6. The average Bonchev–Trinajstić information content (AvgIpc) is 3.47. The summed E-state index contributed by atoms with van der Waals surface area (Å²) in [4.78, 5) is 50.9. The van der Waals surface area contributed by atoms with Gasteiger partial charge in [-0.3, -0.25) is 24.5 Å². The maximum atomic E-state index is 13.4. The van der Waals surface area contributed by atoms with Crippen LogP contribution in [0.2, 0.25) is 0 Å². The number of nitro benzene ring substituents is 1. The summed E-state index contributed by atoms with van der Waals surface area (Å²) >= 11 is 0. The van der Waals surface area contributed by atoms with E-state index >= 15 is 0 Å². The molecule has 9 heteroatoms. The zero-order chi connectivity index (χ0) is 25.1. The van der Waals surface area contributed by atoms with Crippen molar-refractivity contribution in [2.24, 2.45) is 11.8 Å². The fourth-order valence-corrected chi connectivity index (χ4v) is 5.13. The van der Waals surface area contributed by atoms with Crippen LogP contribution in [-0.2, 0) is 19.7 Å². The predicted molar refractivity (Wildman–Crippen MR) is 127 cm³/mol. The summed E-state index contributed by atoms with van der Waals surface area (Å²) in [5.74, 6) is -2.64. The second-order valence-corrected chi connectivity index (χ2v) is 10.2. The number of rotatable bonds is 5. The van der Waals surface area contributed by atoms with Gasteiger partial charge in [-0.2, -0.15) is 0 Å². The molecule has 180 valence electrons. The Morgan fingerprint density at radius 1 is 1.09 bits per heavy atom. The van der Waals surface area contributed by atoms with E-state index in [0.29, 0.717) is 5.56 Å². The molecule has 9 nitrogen and oxygen atoms in total. The molecule has 2 aromatic rings. The first-order valence-electron chi connectivity index (χ1n) is 11.4. The van der Waals surface area contributed by atoms with Gasteiger partial charge in [0.2, 0.25) is 11.8 Å². The van der Waals surface area contributed by atoms with Crippen molar-refractivity contribution in [3.8, 4) is 0 Å². The molecule has 3 amide bonds. The topological polar surface area (TPSA) is 119 Å². The Morgan fingerprint density at radius 3 is 2.34 bits per heavy atom. The van der Waals surface area contributed by atoms with Crippen molar-refractivity contribution in [1.29, 1.82) is 0 Å². The summed E-state index contributed by atoms with van der Waals surface area (Å²) in [6.45, 7) is 6.32. The number of non-ortho nitro benzene ring substituents is 1. The highest BCUT2D eigenvalue weighted by Crippen LogP contribution is 2.52. The number of carbonyl (C=O) groups is 3. The molecule has 2 fully saturated rings. The first kappa shape index (κ1) is 22.9. The van der Waals surface area contributed by atoms with Gasteiger partial charge in [-0.1, -0.05) is 45.1 Å². The maximum Gasteiger partial charge on any atom is 0.269 e. The Balaban J connectivity index is 1.34. The third-order valence-corrected chi connectivity index (χ3v) is 7.01. The Hall–Kier alpha value is -3.85. The number of amides is 3. The van der Waals surface area contributed by atoms with E-state index in [1.165, 1.54) is 24.3 Å². The highest BCUT2D eigenvalue weighted by Gasteiger charge is 2.67. The minimum atomic E-state index is -1.13. The standard InChI is InChI=1S/C26H25N3O6/c1-25(2,3)16-6-4-15(5-7-16)22(30)27-14-26-13-12-19(35-26)20-21(26)24(32)28(23(20)31)17-8-10-18(11-9-17)29(33)34/h4-13,19-21H,14H2,1-3H3,(H,27,30)/t19-,20+,21+,26+/m0/s1. The molecule has 2 aromatic carbocycles. The number of imide groups is 1. The second kappa shape index (κ2) is 7.84. The van der Waals surface area contributed by atoms with E-state index in [4.69, 9.17) is 4.74 Å². The van der Waals surface area contributed by atoms with Gasteiger partial charge in [0.25, 0.3) is 11.6 Å². The molecule has 3 aliphatic heterocycles. The lowest BCUT2D eigenvalue weighted by atomic mass is 9.77. The summed E-state index contributed by atoms with van der Waals surface area (Å²) in [5.41, 5.74) is 0.583. The molecule has 0 saturated carbocycles. The van der Waals surface area contributed by atoms with Crippen LogP contribution in [0.5, 0.6) is 0 Å². The van der Waals surface area contributed by atoms with Gasteiger partial charge in [0.05, 0.1) is 35.1 Å². The van der Waals surface area contributed by atoms with E-state index in [9.17, 15) is 24.5 Å². The van der Waals surface area contributed by atoms with Crippen LogP contribution >= 0.6 is 0 Å². The third kappa shape index (κ3) is 3.63. The molecule has 0 aromatic heterocycles. The van der Waals surface area contributed by atoms with Gasteiger partial charge in [-0.05, 0) is 35.2 Å². The van der Waals surface area contributed by atoms with Crippen molar-refractivity contribution in [3.63, 3.8) is 0 Å². The molecule has 4 atom stereocenters. The number of carbonyl (C=O) groups excluding carboxylic acids is 3. The average molecular weight is 476 g/mol.